The molecule has 0 spiro atoms. The van der Waals surface area contributed by atoms with Crippen molar-refractivity contribution < 1.29 is 9.18 Å². The fourth-order valence-electron chi connectivity index (χ4n) is 1.68. The van der Waals surface area contributed by atoms with Crippen LogP contribution in [0.3, 0.4) is 0 Å². The van der Waals surface area contributed by atoms with Crippen LogP contribution in [-0.4, -0.2) is 5.78 Å². The minimum Gasteiger partial charge on any atom is -0.295 e. The summed E-state index contributed by atoms with van der Waals surface area (Å²) in [6.07, 6.45) is 3.26. The molecule has 0 atom stereocenters. The van der Waals surface area contributed by atoms with Crippen molar-refractivity contribution in [3.63, 3.8) is 0 Å². The summed E-state index contributed by atoms with van der Waals surface area (Å²) in [7, 11) is 0. The van der Waals surface area contributed by atoms with Gasteiger partial charge in [0.2, 0.25) is 0 Å². The second-order valence-electron chi connectivity index (χ2n) is 4.05. The van der Waals surface area contributed by atoms with Crippen LogP contribution in [0.1, 0.15) is 12.5 Å². The van der Waals surface area contributed by atoms with Gasteiger partial charge in [0, 0.05) is 5.56 Å². The number of hydrogen-bond donors (Lipinski definition) is 0. The summed E-state index contributed by atoms with van der Waals surface area (Å²) < 4.78 is 13.6. The molecule has 2 aromatic carbocycles. The van der Waals surface area contributed by atoms with Crippen molar-refractivity contribution in [1.29, 1.82) is 0 Å². The number of halogens is 1. The first-order valence-corrected chi connectivity index (χ1v) is 5.70. The molecule has 0 bridgehead atoms. The summed E-state index contributed by atoms with van der Waals surface area (Å²) in [5.74, 6) is -0.224. The van der Waals surface area contributed by atoms with E-state index in [2.05, 4.69) is 0 Å². The Morgan fingerprint density at radius 1 is 1.06 bits per heavy atom. The highest BCUT2D eigenvalue weighted by molar-refractivity contribution is 5.91. The molecule has 0 aliphatic heterocycles. The monoisotopic (exact) mass is 240 g/mol. The predicted octanol–water partition coefficient (Wildman–Crippen LogP) is 4.09. The van der Waals surface area contributed by atoms with Gasteiger partial charge < -0.3 is 0 Å². The summed E-state index contributed by atoms with van der Waals surface area (Å²) in [4.78, 5) is 10.8. The largest absolute Gasteiger partial charge is 0.295 e. The van der Waals surface area contributed by atoms with Gasteiger partial charge in [-0.05, 0) is 30.2 Å². The fourth-order valence-corrected chi connectivity index (χ4v) is 1.68. The Morgan fingerprint density at radius 2 is 1.72 bits per heavy atom. The van der Waals surface area contributed by atoms with Crippen LogP contribution >= 0.6 is 0 Å². The van der Waals surface area contributed by atoms with E-state index in [9.17, 15) is 9.18 Å². The Kier molecular flexibility index (Phi) is 3.68. The van der Waals surface area contributed by atoms with Crippen molar-refractivity contribution in [1.82, 2.24) is 0 Å². The molecule has 1 nitrogen and oxygen atoms in total. The number of carbonyl (C=O) groups excluding carboxylic acids is 1. The molecule has 0 unspecified atom stereocenters. The van der Waals surface area contributed by atoms with Crippen LogP contribution in [0.15, 0.2) is 54.6 Å². The van der Waals surface area contributed by atoms with Gasteiger partial charge >= 0.3 is 0 Å². The highest BCUT2D eigenvalue weighted by atomic mass is 19.1. The third kappa shape index (κ3) is 2.92. The molecule has 18 heavy (non-hydrogen) atoms. The Morgan fingerprint density at radius 3 is 2.33 bits per heavy atom. The standard InChI is InChI=1S/C16H13FO/c1-12(18)6-7-13-8-10-14(11-9-13)15-4-2-3-5-16(15)17/h2-11H,1H3. The SMILES string of the molecule is CC(=O)C=Cc1ccc(-c2ccccc2F)cc1. The molecule has 90 valence electrons. The minimum absolute atomic E-state index is 0.00757. The van der Waals surface area contributed by atoms with E-state index in [1.54, 1.807) is 18.2 Å². The second-order valence-corrected chi connectivity index (χ2v) is 4.05. The molecule has 0 amide bonds. The van der Waals surface area contributed by atoms with Crippen LogP contribution in [0.2, 0.25) is 0 Å². The fraction of sp³-hybridized carbons (Fsp3) is 0.0625. The van der Waals surface area contributed by atoms with Crippen molar-refractivity contribution in [3.05, 3.63) is 66.0 Å². The maximum absolute atomic E-state index is 13.6. The lowest BCUT2D eigenvalue weighted by Crippen LogP contribution is -1.84. The molecule has 0 saturated heterocycles. The van der Waals surface area contributed by atoms with Gasteiger partial charge in [-0.1, -0.05) is 48.5 Å². The maximum Gasteiger partial charge on any atom is 0.152 e. The molecule has 0 aliphatic carbocycles. The highest BCUT2D eigenvalue weighted by Crippen LogP contribution is 2.22. The average Bonchev–Trinajstić information content (AvgIpc) is 2.38. The van der Waals surface area contributed by atoms with Crippen LogP contribution < -0.4 is 0 Å². The van der Waals surface area contributed by atoms with E-state index < -0.39 is 0 Å². The Hall–Kier alpha value is -2.22. The van der Waals surface area contributed by atoms with Gasteiger partial charge in [0.1, 0.15) is 5.82 Å². The molecule has 0 fully saturated rings. The molecule has 2 heteroatoms. The van der Waals surface area contributed by atoms with E-state index >= 15 is 0 Å². The van der Waals surface area contributed by atoms with E-state index in [1.165, 1.54) is 19.1 Å². The minimum atomic E-state index is -0.232. The van der Waals surface area contributed by atoms with E-state index in [4.69, 9.17) is 0 Å². The maximum atomic E-state index is 13.6. The Bertz CT molecular complexity index is 582. The number of allylic oxidation sites excluding steroid dienone is 1. The third-order valence-corrected chi connectivity index (χ3v) is 2.61. The molecule has 0 N–H and O–H groups in total. The first-order valence-electron chi connectivity index (χ1n) is 5.70. The van der Waals surface area contributed by atoms with Gasteiger partial charge in [-0.25, -0.2) is 4.39 Å². The lowest BCUT2D eigenvalue weighted by Gasteiger charge is -2.03. The summed E-state index contributed by atoms with van der Waals surface area (Å²) in [6.45, 7) is 1.50. The number of benzene rings is 2. The van der Waals surface area contributed by atoms with Gasteiger partial charge in [-0.15, -0.1) is 0 Å². The van der Waals surface area contributed by atoms with Crippen LogP contribution in [0.4, 0.5) is 4.39 Å². The summed E-state index contributed by atoms with van der Waals surface area (Å²) >= 11 is 0. The molecule has 0 radical (unpaired) electrons. The number of ketones is 1. The zero-order valence-electron chi connectivity index (χ0n) is 10.1. The van der Waals surface area contributed by atoms with Crippen molar-refractivity contribution in [3.8, 4) is 11.1 Å². The normalized spacial score (nSPS) is 10.8. The second kappa shape index (κ2) is 5.41. The first-order chi connectivity index (χ1) is 8.66. The molecule has 2 aromatic rings. The predicted molar refractivity (Wildman–Crippen MR) is 71.6 cm³/mol. The van der Waals surface area contributed by atoms with Crippen LogP contribution in [0.5, 0.6) is 0 Å². The van der Waals surface area contributed by atoms with Crippen molar-refractivity contribution in [2.24, 2.45) is 0 Å². The third-order valence-electron chi connectivity index (χ3n) is 2.61. The summed E-state index contributed by atoms with van der Waals surface area (Å²) in [5, 5.41) is 0. The van der Waals surface area contributed by atoms with E-state index in [0.717, 1.165) is 11.1 Å². The molecule has 2 rings (SSSR count). The van der Waals surface area contributed by atoms with Crippen LogP contribution in [0, 0.1) is 5.82 Å². The summed E-state index contributed by atoms with van der Waals surface area (Å²) in [6, 6.07) is 14.1. The number of rotatable bonds is 3. The van der Waals surface area contributed by atoms with Crippen LogP contribution in [-0.2, 0) is 4.79 Å². The zero-order valence-corrected chi connectivity index (χ0v) is 10.1. The Labute approximate surface area is 106 Å². The lowest BCUT2D eigenvalue weighted by molar-refractivity contribution is -0.112. The zero-order chi connectivity index (χ0) is 13.0. The van der Waals surface area contributed by atoms with Crippen molar-refractivity contribution in [2.45, 2.75) is 6.92 Å². The van der Waals surface area contributed by atoms with E-state index in [-0.39, 0.29) is 11.6 Å². The average molecular weight is 240 g/mol. The van der Waals surface area contributed by atoms with Crippen molar-refractivity contribution in [2.75, 3.05) is 0 Å². The topological polar surface area (TPSA) is 17.1 Å². The highest BCUT2D eigenvalue weighted by Gasteiger charge is 2.02. The quantitative estimate of drug-likeness (QED) is 0.738. The molecule has 0 aliphatic rings. The molecule has 0 heterocycles. The molecular weight excluding hydrogens is 227 g/mol. The van der Waals surface area contributed by atoms with Gasteiger partial charge in [-0.3, -0.25) is 4.79 Å². The van der Waals surface area contributed by atoms with Gasteiger partial charge in [0.25, 0.3) is 0 Å². The number of hydrogen-bond acceptors (Lipinski definition) is 1. The lowest BCUT2D eigenvalue weighted by atomic mass is 10.0. The summed E-state index contributed by atoms with van der Waals surface area (Å²) in [5.41, 5.74) is 2.33. The van der Waals surface area contributed by atoms with Crippen molar-refractivity contribution >= 4 is 11.9 Å². The van der Waals surface area contributed by atoms with Gasteiger partial charge in [0.15, 0.2) is 5.78 Å². The molecule has 0 aromatic heterocycles. The first kappa shape index (κ1) is 12.2. The molecule has 0 saturated carbocycles. The number of carbonyl (C=O) groups is 1. The Balaban J connectivity index is 2.28. The smallest absolute Gasteiger partial charge is 0.152 e. The van der Waals surface area contributed by atoms with Gasteiger partial charge in [-0.2, -0.15) is 0 Å². The van der Waals surface area contributed by atoms with E-state index in [0.29, 0.717) is 5.56 Å². The van der Waals surface area contributed by atoms with Crippen LogP contribution in [0.25, 0.3) is 17.2 Å². The van der Waals surface area contributed by atoms with Gasteiger partial charge in [0.05, 0.1) is 0 Å². The molecular formula is C16H13FO. The van der Waals surface area contributed by atoms with E-state index in [1.807, 2.05) is 30.3 Å².